The predicted molar refractivity (Wildman–Crippen MR) is 106 cm³/mol. The van der Waals surface area contributed by atoms with Crippen LogP contribution in [0.25, 0.3) is 0 Å². The molecule has 0 bridgehead atoms. The average Bonchev–Trinajstić information content (AvgIpc) is 2.61. The fourth-order valence-corrected chi connectivity index (χ4v) is 2.83. The number of nitrogens with one attached hydrogen (secondary N) is 2. The highest BCUT2D eigenvalue weighted by atomic mass is 79.9. The van der Waals surface area contributed by atoms with Gasteiger partial charge in [0.2, 0.25) is 5.91 Å². The third-order valence-corrected chi connectivity index (χ3v) is 4.07. The maximum atomic E-state index is 12.1. The summed E-state index contributed by atoms with van der Waals surface area (Å²) in [6.45, 7) is 2.20. The molecule has 2 rings (SSSR count). The molecule has 2 N–H and O–H groups in total. The van der Waals surface area contributed by atoms with Crippen LogP contribution < -0.4 is 15.4 Å². The Morgan fingerprint density at radius 2 is 1.74 bits per heavy atom. The Labute approximate surface area is 166 Å². The molecular weight excluding hydrogens is 412 g/mol. The Hall–Kier alpha value is -2.67. The first-order chi connectivity index (χ1) is 12.9. The Bertz CT molecular complexity index is 823. The second kappa shape index (κ2) is 10.5. The molecule has 0 aliphatic heterocycles. The molecule has 2 aromatic rings. The van der Waals surface area contributed by atoms with Crippen molar-refractivity contribution in [3.63, 3.8) is 0 Å². The second-order valence-electron chi connectivity index (χ2n) is 5.89. The Kier molecular flexibility index (Phi) is 8.00. The zero-order valence-electron chi connectivity index (χ0n) is 15.0. The van der Waals surface area contributed by atoms with Gasteiger partial charge in [0.1, 0.15) is 5.75 Å². The van der Waals surface area contributed by atoms with E-state index in [0.29, 0.717) is 37.2 Å². The molecule has 6 nitrogen and oxygen atoms in total. The molecule has 0 fully saturated rings. The number of ether oxygens (including phenoxy) is 1. The van der Waals surface area contributed by atoms with E-state index in [2.05, 4.69) is 26.6 Å². The van der Waals surface area contributed by atoms with Crippen LogP contribution in [0.5, 0.6) is 5.75 Å². The number of amides is 2. The van der Waals surface area contributed by atoms with E-state index in [1.807, 2.05) is 24.3 Å². The van der Waals surface area contributed by atoms with Crippen LogP contribution in [0.4, 0.5) is 0 Å². The van der Waals surface area contributed by atoms with Crippen LogP contribution in [0.3, 0.4) is 0 Å². The molecule has 0 saturated heterocycles. The fourth-order valence-electron chi connectivity index (χ4n) is 2.38. The van der Waals surface area contributed by atoms with E-state index >= 15 is 0 Å². The number of carbonyl (C=O) groups excluding carboxylic acids is 3. The molecule has 27 heavy (non-hydrogen) atoms. The van der Waals surface area contributed by atoms with Crippen molar-refractivity contribution in [2.24, 2.45) is 0 Å². The zero-order valence-corrected chi connectivity index (χ0v) is 16.5. The Morgan fingerprint density at radius 1 is 1.00 bits per heavy atom. The highest BCUT2D eigenvalue weighted by Gasteiger charge is 2.08. The minimum absolute atomic E-state index is 0.0616. The van der Waals surface area contributed by atoms with Gasteiger partial charge >= 0.3 is 5.97 Å². The van der Waals surface area contributed by atoms with Crippen LogP contribution >= 0.6 is 15.9 Å². The third kappa shape index (κ3) is 7.62. The number of halogens is 1. The van der Waals surface area contributed by atoms with Crippen molar-refractivity contribution in [2.75, 3.05) is 13.1 Å². The molecule has 2 amide bonds. The minimum Gasteiger partial charge on any atom is -0.427 e. The van der Waals surface area contributed by atoms with Crippen LogP contribution in [0.2, 0.25) is 0 Å². The number of hydrogen-bond acceptors (Lipinski definition) is 4. The third-order valence-electron chi connectivity index (χ3n) is 3.57. The molecule has 0 atom stereocenters. The van der Waals surface area contributed by atoms with Gasteiger partial charge in [-0.1, -0.05) is 34.1 Å². The number of rotatable bonds is 8. The van der Waals surface area contributed by atoms with E-state index < -0.39 is 5.97 Å². The van der Waals surface area contributed by atoms with E-state index in [1.165, 1.54) is 13.0 Å². The van der Waals surface area contributed by atoms with E-state index in [0.717, 1.165) is 10.0 Å². The monoisotopic (exact) mass is 432 g/mol. The summed E-state index contributed by atoms with van der Waals surface area (Å²) >= 11 is 3.38. The molecule has 0 aromatic heterocycles. The topological polar surface area (TPSA) is 84.5 Å². The maximum Gasteiger partial charge on any atom is 0.308 e. The Balaban J connectivity index is 1.68. The van der Waals surface area contributed by atoms with Gasteiger partial charge in [0, 0.05) is 30.0 Å². The summed E-state index contributed by atoms with van der Waals surface area (Å²) < 4.78 is 5.90. The fraction of sp³-hybridized carbons (Fsp3) is 0.250. The summed E-state index contributed by atoms with van der Waals surface area (Å²) in [5.74, 6) is -0.431. The van der Waals surface area contributed by atoms with Crippen molar-refractivity contribution in [1.82, 2.24) is 10.6 Å². The van der Waals surface area contributed by atoms with Crippen LogP contribution in [-0.4, -0.2) is 30.9 Å². The van der Waals surface area contributed by atoms with Gasteiger partial charge in [-0.2, -0.15) is 0 Å². The summed E-state index contributed by atoms with van der Waals surface area (Å²) in [7, 11) is 0. The zero-order chi connectivity index (χ0) is 19.6. The molecule has 2 aromatic carbocycles. The van der Waals surface area contributed by atoms with Gasteiger partial charge in [0.25, 0.3) is 5.91 Å². The molecule has 0 aliphatic carbocycles. The first-order valence-electron chi connectivity index (χ1n) is 8.52. The largest absolute Gasteiger partial charge is 0.427 e. The molecule has 0 spiro atoms. The molecule has 0 saturated carbocycles. The number of carbonyl (C=O) groups is 3. The van der Waals surface area contributed by atoms with Crippen molar-refractivity contribution >= 4 is 33.7 Å². The van der Waals surface area contributed by atoms with E-state index in [9.17, 15) is 14.4 Å². The highest BCUT2D eigenvalue weighted by molar-refractivity contribution is 9.10. The Morgan fingerprint density at radius 3 is 2.48 bits per heavy atom. The maximum absolute atomic E-state index is 12.1. The lowest BCUT2D eigenvalue weighted by molar-refractivity contribution is -0.131. The van der Waals surface area contributed by atoms with Crippen molar-refractivity contribution in [3.8, 4) is 5.75 Å². The lowest BCUT2D eigenvalue weighted by atomic mass is 10.1. The van der Waals surface area contributed by atoms with Gasteiger partial charge in [0.15, 0.2) is 0 Å². The van der Waals surface area contributed by atoms with E-state index in [1.54, 1.807) is 18.2 Å². The van der Waals surface area contributed by atoms with Crippen molar-refractivity contribution in [3.05, 3.63) is 64.1 Å². The van der Waals surface area contributed by atoms with Crippen molar-refractivity contribution < 1.29 is 19.1 Å². The van der Waals surface area contributed by atoms with Gasteiger partial charge in [-0.25, -0.2) is 0 Å². The molecule has 7 heteroatoms. The molecule has 0 radical (unpaired) electrons. The van der Waals surface area contributed by atoms with Crippen molar-refractivity contribution in [2.45, 2.75) is 19.8 Å². The summed E-state index contributed by atoms with van der Waals surface area (Å²) in [4.78, 5) is 35.0. The van der Waals surface area contributed by atoms with Crippen LogP contribution in [0.1, 0.15) is 29.3 Å². The van der Waals surface area contributed by atoms with Gasteiger partial charge in [-0.3, -0.25) is 14.4 Å². The van der Waals surface area contributed by atoms with Crippen LogP contribution in [-0.2, 0) is 16.0 Å². The molecule has 0 heterocycles. The van der Waals surface area contributed by atoms with Crippen molar-refractivity contribution in [1.29, 1.82) is 0 Å². The average molecular weight is 433 g/mol. The normalized spacial score (nSPS) is 10.1. The van der Waals surface area contributed by atoms with Gasteiger partial charge in [0.05, 0.1) is 6.42 Å². The SMILES string of the molecule is CC(=O)Oc1cccc(C(=O)NCCCNC(=O)Cc2cccc(Br)c2)c1. The van der Waals surface area contributed by atoms with E-state index in [-0.39, 0.29) is 11.8 Å². The lowest BCUT2D eigenvalue weighted by Gasteiger charge is -2.08. The van der Waals surface area contributed by atoms with E-state index in [4.69, 9.17) is 4.74 Å². The molecular formula is C20H21BrN2O4. The molecule has 0 aliphatic rings. The summed E-state index contributed by atoms with van der Waals surface area (Å²) in [5, 5.41) is 5.61. The standard InChI is InChI=1S/C20H21BrN2O4/c1-14(24)27-18-8-3-6-16(13-18)20(26)23-10-4-9-22-19(25)12-15-5-2-7-17(21)11-15/h2-3,5-8,11,13H,4,9-10,12H2,1H3,(H,22,25)(H,23,26). The minimum atomic E-state index is -0.439. The van der Waals surface area contributed by atoms with Gasteiger partial charge in [-0.15, -0.1) is 0 Å². The molecule has 142 valence electrons. The summed E-state index contributed by atoms with van der Waals surface area (Å²) in [5.41, 5.74) is 1.34. The predicted octanol–water partition coefficient (Wildman–Crippen LogP) is 2.85. The van der Waals surface area contributed by atoms with Crippen LogP contribution in [0.15, 0.2) is 53.0 Å². The van der Waals surface area contributed by atoms with Gasteiger partial charge < -0.3 is 15.4 Å². The number of hydrogen-bond donors (Lipinski definition) is 2. The smallest absolute Gasteiger partial charge is 0.308 e. The summed E-state index contributed by atoms with van der Waals surface area (Å²) in [6.07, 6.45) is 0.925. The van der Waals surface area contributed by atoms with Crippen LogP contribution in [0, 0.1) is 0 Å². The summed E-state index contributed by atoms with van der Waals surface area (Å²) in [6, 6.07) is 14.0. The lowest BCUT2D eigenvalue weighted by Crippen LogP contribution is -2.30. The quantitative estimate of drug-likeness (QED) is 0.381. The first-order valence-corrected chi connectivity index (χ1v) is 9.31. The second-order valence-corrected chi connectivity index (χ2v) is 6.80. The molecule has 0 unspecified atom stereocenters. The van der Waals surface area contributed by atoms with Gasteiger partial charge in [-0.05, 0) is 42.3 Å². The first kappa shape index (κ1) is 20.6. The highest BCUT2D eigenvalue weighted by Crippen LogP contribution is 2.13. The number of esters is 1. The number of benzene rings is 2.